The fourth-order valence-electron chi connectivity index (χ4n) is 2.16. The van der Waals surface area contributed by atoms with Gasteiger partial charge in [0.05, 0.1) is 0 Å². The maximum absolute atomic E-state index is 12.2. The standard InChI is InChI=1S/C16H15ClN4O3/c1-3-20-8-11(7-18)15(23)21(16(20)24)9-14(22)19-13-6-12(17)5-4-10(13)2/h4-6,8H,3,9H2,1-2H3,(H,19,22). The zero-order valence-corrected chi connectivity index (χ0v) is 13.9. The highest BCUT2D eigenvalue weighted by Gasteiger charge is 2.14. The summed E-state index contributed by atoms with van der Waals surface area (Å²) in [5.41, 5.74) is -0.336. The van der Waals surface area contributed by atoms with Gasteiger partial charge < -0.3 is 5.32 Å². The number of carbonyl (C=O) groups excluding carboxylic acids is 1. The van der Waals surface area contributed by atoms with Crippen molar-refractivity contribution in [2.45, 2.75) is 26.9 Å². The predicted octanol–water partition coefficient (Wildman–Crippen LogP) is 1.50. The van der Waals surface area contributed by atoms with Gasteiger partial charge in [-0.1, -0.05) is 17.7 Å². The first-order valence-corrected chi connectivity index (χ1v) is 7.55. The molecule has 8 heteroatoms. The number of hydrogen-bond acceptors (Lipinski definition) is 4. The summed E-state index contributed by atoms with van der Waals surface area (Å²) in [6.45, 7) is 3.28. The number of aryl methyl sites for hydroxylation is 2. The summed E-state index contributed by atoms with van der Waals surface area (Å²) in [6, 6.07) is 6.74. The normalized spacial score (nSPS) is 10.2. The van der Waals surface area contributed by atoms with Crippen molar-refractivity contribution in [3.05, 3.63) is 61.4 Å². The molecule has 0 unspecified atom stereocenters. The first-order valence-electron chi connectivity index (χ1n) is 7.17. The van der Waals surface area contributed by atoms with Crippen LogP contribution in [0.15, 0.2) is 34.0 Å². The molecule has 0 fully saturated rings. The van der Waals surface area contributed by atoms with Crippen molar-refractivity contribution < 1.29 is 4.79 Å². The summed E-state index contributed by atoms with van der Waals surface area (Å²) >= 11 is 5.89. The van der Waals surface area contributed by atoms with Crippen LogP contribution < -0.4 is 16.6 Å². The third-order valence-corrected chi connectivity index (χ3v) is 3.71. The zero-order valence-electron chi connectivity index (χ0n) is 13.2. The van der Waals surface area contributed by atoms with Crippen molar-refractivity contribution in [2.24, 2.45) is 0 Å². The fraction of sp³-hybridized carbons (Fsp3) is 0.250. The molecule has 1 N–H and O–H groups in total. The Balaban J connectivity index is 2.36. The molecule has 0 bridgehead atoms. The second-order valence-electron chi connectivity index (χ2n) is 5.12. The van der Waals surface area contributed by atoms with Crippen molar-refractivity contribution in [2.75, 3.05) is 5.32 Å². The molecule has 1 heterocycles. The van der Waals surface area contributed by atoms with Crippen LogP contribution >= 0.6 is 11.6 Å². The average Bonchev–Trinajstić information content (AvgIpc) is 2.55. The van der Waals surface area contributed by atoms with Crippen molar-refractivity contribution in [3.8, 4) is 6.07 Å². The highest BCUT2D eigenvalue weighted by Crippen LogP contribution is 2.19. The number of nitriles is 1. The molecular formula is C16H15ClN4O3. The first-order chi connectivity index (χ1) is 11.4. The SMILES string of the molecule is CCn1cc(C#N)c(=O)n(CC(=O)Nc2cc(Cl)ccc2C)c1=O. The molecular weight excluding hydrogens is 332 g/mol. The van der Waals surface area contributed by atoms with Gasteiger partial charge in [-0.2, -0.15) is 5.26 Å². The minimum absolute atomic E-state index is 0.191. The summed E-state index contributed by atoms with van der Waals surface area (Å²) in [5, 5.41) is 12.1. The van der Waals surface area contributed by atoms with Gasteiger partial charge in [0, 0.05) is 23.5 Å². The minimum Gasteiger partial charge on any atom is -0.324 e. The van der Waals surface area contributed by atoms with Crippen LogP contribution in [0, 0.1) is 18.3 Å². The lowest BCUT2D eigenvalue weighted by molar-refractivity contribution is -0.116. The number of rotatable bonds is 4. The fourth-order valence-corrected chi connectivity index (χ4v) is 2.33. The number of aromatic nitrogens is 2. The highest BCUT2D eigenvalue weighted by molar-refractivity contribution is 6.31. The van der Waals surface area contributed by atoms with Gasteiger partial charge in [0.1, 0.15) is 18.2 Å². The summed E-state index contributed by atoms with van der Waals surface area (Å²) in [4.78, 5) is 36.5. The van der Waals surface area contributed by atoms with Crippen LogP contribution in [0.25, 0.3) is 0 Å². The van der Waals surface area contributed by atoms with Gasteiger partial charge >= 0.3 is 5.69 Å². The number of nitrogens with zero attached hydrogens (tertiary/aromatic N) is 3. The van der Waals surface area contributed by atoms with Crippen molar-refractivity contribution in [3.63, 3.8) is 0 Å². The third-order valence-electron chi connectivity index (χ3n) is 3.47. The number of carbonyl (C=O) groups is 1. The molecule has 124 valence electrons. The zero-order chi connectivity index (χ0) is 17.9. The number of nitrogens with one attached hydrogen (secondary N) is 1. The highest BCUT2D eigenvalue weighted by atomic mass is 35.5. The maximum atomic E-state index is 12.2. The lowest BCUT2D eigenvalue weighted by Crippen LogP contribution is -2.43. The van der Waals surface area contributed by atoms with Gasteiger partial charge in [0.15, 0.2) is 0 Å². The van der Waals surface area contributed by atoms with Crippen LogP contribution in [0.3, 0.4) is 0 Å². The van der Waals surface area contributed by atoms with Crippen LogP contribution in [0.5, 0.6) is 0 Å². The number of amides is 1. The van der Waals surface area contributed by atoms with E-state index in [1.54, 1.807) is 38.1 Å². The lowest BCUT2D eigenvalue weighted by Gasteiger charge is -2.11. The van der Waals surface area contributed by atoms with Gasteiger partial charge in [0.25, 0.3) is 5.56 Å². The molecule has 0 atom stereocenters. The van der Waals surface area contributed by atoms with Gasteiger partial charge in [0.2, 0.25) is 5.91 Å². The number of anilines is 1. The molecule has 0 saturated heterocycles. The third kappa shape index (κ3) is 3.55. The van der Waals surface area contributed by atoms with Crippen molar-refractivity contribution in [1.82, 2.24) is 9.13 Å². The maximum Gasteiger partial charge on any atom is 0.331 e. The Kier molecular flexibility index (Phi) is 5.21. The van der Waals surface area contributed by atoms with Gasteiger partial charge in [-0.25, -0.2) is 9.36 Å². The molecule has 2 aromatic rings. The number of hydrogen-bond donors (Lipinski definition) is 1. The largest absolute Gasteiger partial charge is 0.331 e. The Morgan fingerprint density at radius 2 is 2.08 bits per heavy atom. The van der Waals surface area contributed by atoms with E-state index in [1.165, 1.54) is 10.8 Å². The van der Waals surface area contributed by atoms with Gasteiger partial charge in [-0.15, -0.1) is 0 Å². The Bertz CT molecular complexity index is 953. The summed E-state index contributed by atoms with van der Waals surface area (Å²) in [7, 11) is 0. The molecule has 1 aromatic heterocycles. The Morgan fingerprint density at radius 3 is 2.71 bits per heavy atom. The van der Waals surface area contributed by atoms with E-state index < -0.39 is 23.7 Å². The van der Waals surface area contributed by atoms with Crippen LogP contribution in [-0.4, -0.2) is 15.0 Å². The number of halogens is 1. The predicted molar refractivity (Wildman–Crippen MR) is 90.2 cm³/mol. The monoisotopic (exact) mass is 346 g/mol. The molecule has 7 nitrogen and oxygen atoms in total. The van der Waals surface area contributed by atoms with Crippen LogP contribution in [0.2, 0.25) is 5.02 Å². The van der Waals surface area contributed by atoms with Crippen molar-refractivity contribution >= 4 is 23.2 Å². The molecule has 24 heavy (non-hydrogen) atoms. The van der Waals surface area contributed by atoms with E-state index in [2.05, 4.69) is 5.32 Å². The van der Waals surface area contributed by atoms with E-state index >= 15 is 0 Å². The minimum atomic E-state index is -0.787. The molecule has 0 spiro atoms. The molecule has 0 radical (unpaired) electrons. The molecule has 1 amide bonds. The molecule has 0 aliphatic rings. The summed E-state index contributed by atoms with van der Waals surface area (Å²) < 4.78 is 1.95. The second kappa shape index (κ2) is 7.15. The van der Waals surface area contributed by atoms with Crippen LogP contribution in [0.1, 0.15) is 18.1 Å². The van der Waals surface area contributed by atoms with E-state index in [0.29, 0.717) is 10.7 Å². The van der Waals surface area contributed by atoms with E-state index in [0.717, 1.165) is 10.1 Å². The van der Waals surface area contributed by atoms with Crippen LogP contribution in [0.4, 0.5) is 5.69 Å². The molecule has 1 aromatic carbocycles. The summed E-state index contributed by atoms with van der Waals surface area (Å²) in [5.74, 6) is -0.558. The molecule has 2 rings (SSSR count). The Hall–Kier alpha value is -2.85. The van der Waals surface area contributed by atoms with E-state index in [9.17, 15) is 14.4 Å². The van der Waals surface area contributed by atoms with Gasteiger partial charge in [-0.3, -0.25) is 14.2 Å². The Morgan fingerprint density at radius 1 is 1.38 bits per heavy atom. The smallest absolute Gasteiger partial charge is 0.324 e. The molecule has 0 saturated carbocycles. The van der Waals surface area contributed by atoms with E-state index in [1.807, 2.05) is 0 Å². The topological polar surface area (TPSA) is 96.9 Å². The Labute approximate surface area is 142 Å². The average molecular weight is 347 g/mol. The summed E-state index contributed by atoms with van der Waals surface area (Å²) in [6.07, 6.45) is 1.19. The second-order valence-corrected chi connectivity index (χ2v) is 5.56. The number of benzene rings is 1. The van der Waals surface area contributed by atoms with Crippen molar-refractivity contribution in [1.29, 1.82) is 5.26 Å². The van der Waals surface area contributed by atoms with E-state index in [-0.39, 0.29) is 12.1 Å². The lowest BCUT2D eigenvalue weighted by atomic mass is 10.2. The molecule has 0 aliphatic carbocycles. The first kappa shape index (κ1) is 17.5. The van der Waals surface area contributed by atoms with Gasteiger partial charge in [-0.05, 0) is 31.5 Å². The molecule has 0 aliphatic heterocycles. The quantitative estimate of drug-likeness (QED) is 0.907. The van der Waals surface area contributed by atoms with Crippen LogP contribution in [-0.2, 0) is 17.9 Å². The van der Waals surface area contributed by atoms with E-state index in [4.69, 9.17) is 16.9 Å².